The first-order valence-electron chi connectivity index (χ1n) is 8.48. The maximum Gasteiger partial charge on any atom is 0.264 e. The summed E-state index contributed by atoms with van der Waals surface area (Å²) in [4.78, 5) is 19.2. The molecule has 1 fully saturated rings. The van der Waals surface area contributed by atoms with Gasteiger partial charge in [-0.25, -0.2) is 0 Å². The average Bonchev–Trinajstić information content (AvgIpc) is 3.19. The van der Waals surface area contributed by atoms with Crippen LogP contribution in [-0.2, 0) is 4.79 Å². The number of aryl methyl sites for hydroxylation is 1. The number of hydrogen-bond donors (Lipinski definition) is 0. The molecule has 1 aromatic heterocycles. The third kappa shape index (κ3) is 2.56. The van der Waals surface area contributed by atoms with Crippen molar-refractivity contribution in [3.8, 4) is 5.75 Å². The van der Waals surface area contributed by atoms with Gasteiger partial charge >= 0.3 is 0 Å². The highest BCUT2D eigenvalue weighted by Gasteiger charge is 2.40. The van der Waals surface area contributed by atoms with Gasteiger partial charge in [0, 0.05) is 37.4 Å². The lowest BCUT2D eigenvalue weighted by molar-refractivity contribution is -0.140. The quantitative estimate of drug-likeness (QED) is 0.848. The monoisotopic (exact) mass is 327 g/mol. The molecule has 126 valence electrons. The van der Waals surface area contributed by atoms with Crippen LogP contribution in [0.5, 0.6) is 5.75 Å². The topological polar surface area (TPSA) is 68.5 Å². The Morgan fingerprint density at radius 1 is 1.33 bits per heavy atom. The van der Waals surface area contributed by atoms with E-state index >= 15 is 0 Å². The predicted molar refractivity (Wildman–Crippen MR) is 86.9 cm³/mol. The van der Waals surface area contributed by atoms with E-state index in [-0.39, 0.29) is 17.7 Å². The van der Waals surface area contributed by atoms with E-state index in [0.29, 0.717) is 18.3 Å². The number of carbonyl (C=O) groups is 1. The second kappa shape index (κ2) is 5.92. The Kier molecular flexibility index (Phi) is 3.75. The standard InChI is InChI=1S/C18H21N3O3/c1-11-14-7-3-4-8-15(14)23-16(11)18(22)21-9-5-6-13(10-21)17-19-12(2)24-20-17/h3-4,7-8,11,13,16H,5-6,9-10H2,1-2H3/t11-,13+,16+/m0/s1. The van der Waals surface area contributed by atoms with Gasteiger partial charge in [-0.3, -0.25) is 4.79 Å². The largest absolute Gasteiger partial charge is 0.480 e. The molecule has 0 spiro atoms. The van der Waals surface area contributed by atoms with Gasteiger partial charge in [0.25, 0.3) is 5.91 Å². The van der Waals surface area contributed by atoms with Crippen LogP contribution >= 0.6 is 0 Å². The Bertz CT molecular complexity index is 757. The van der Waals surface area contributed by atoms with Crippen molar-refractivity contribution in [1.82, 2.24) is 15.0 Å². The number of rotatable bonds is 2. The van der Waals surface area contributed by atoms with Gasteiger partial charge in [0.05, 0.1) is 0 Å². The molecule has 0 N–H and O–H groups in total. The number of piperidine rings is 1. The van der Waals surface area contributed by atoms with Crippen LogP contribution in [0.1, 0.15) is 48.9 Å². The molecule has 2 aliphatic heterocycles. The Morgan fingerprint density at radius 2 is 2.17 bits per heavy atom. The minimum atomic E-state index is -0.437. The molecule has 2 aliphatic rings. The molecule has 0 radical (unpaired) electrons. The Balaban J connectivity index is 1.49. The third-order valence-electron chi connectivity index (χ3n) is 5.00. The molecule has 1 saturated heterocycles. The normalized spacial score (nSPS) is 26.1. The fourth-order valence-corrected chi connectivity index (χ4v) is 3.68. The van der Waals surface area contributed by atoms with Crippen LogP contribution in [0, 0.1) is 6.92 Å². The van der Waals surface area contributed by atoms with Crippen molar-refractivity contribution in [3.05, 3.63) is 41.5 Å². The summed E-state index contributed by atoms with van der Waals surface area (Å²) >= 11 is 0. The van der Waals surface area contributed by atoms with Gasteiger partial charge in [-0.2, -0.15) is 4.98 Å². The van der Waals surface area contributed by atoms with Crippen LogP contribution in [0.25, 0.3) is 0 Å². The number of ether oxygens (including phenoxy) is 1. The average molecular weight is 327 g/mol. The van der Waals surface area contributed by atoms with E-state index in [2.05, 4.69) is 17.1 Å². The molecule has 1 aromatic carbocycles. The van der Waals surface area contributed by atoms with Crippen LogP contribution in [0.4, 0.5) is 0 Å². The van der Waals surface area contributed by atoms with Crippen LogP contribution in [0.3, 0.4) is 0 Å². The van der Waals surface area contributed by atoms with E-state index in [1.54, 1.807) is 6.92 Å². The van der Waals surface area contributed by atoms with Crippen molar-refractivity contribution in [2.24, 2.45) is 0 Å². The fraction of sp³-hybridized carbons (Fsp3) is 0.500. The number of likely N-dealkylation sites (tertiary alicyclic amines) is 1. The van der Waals surface area contributed by atoms with E-state index in [1.165, 1.54) is 0 Å². The lowest BCUT2D eigenvalue weighted by Crippen LogP contribution is -2.46. The first-order chi connectivity index (χ1) is 11.6. The summed E-state index contributed by atoms with van der Waals surface area (Å²) in [6.07, 6.45) is 1.48. The zero-order valence-electron chi connectivity index (χ0n) is 13.9. The SMILES string of the molecule is Cc1nc([C@@H]2CCCN(C(=O)[C@@H]3Oc4ccccc4[C@@H]3C)C2)no1. The number of nitrogens with zero attached hydrogens (tertiary/aromatic N) is 3. The van der Waals surface area contributed by atoms with Gasteiger partial charge < -0.3 is 14.2 Å². The zero-order chi connectivity index (χ0) is 16.7. The lowest BCUT2D eigenvalue weighted by atomic mass is 9.94. The molecular weight excluding hydrogens is 306 g/mol. The summed E-state index contributed by atoms with van der Waals surface area (Å²) in [7, 11) is 0. The minimum absolute atomic E-state index is 0.0589. The number of carbonyl (C=O) groups excluding carboxylic acids is 1. The molecule has 4 rings (SSSR count). The molecule has 2 aromatic rings. The fourth-order valence-electron chi connectivity index (χ4n) is 3.68. The number of fused-ring (bicyclic) bond motifs is 1. The Labute approximate surface area is 140 Å². The highest BCUT2D eigenvalue weighted by atomic mass is 16.5. The van der Waals surface area contributed by atoms with E-state index in [0.717, 1.165) is 30.7 Å². The number of amides is 1. The molecule has 1 amide bonds. The Morgan fingerprint density at radius 3 is 2.92 bits per heavy atom. The number of para-hydroxylation sites is 1. The van der Waals surface area contributed by atoms with Crippen molar-refractivity contribution in [1.29, 1.82) is 0 Å². The first-order valence-corrected chi connectivity index (χ1v) is 8.48. The number of hydrogen-bond acceptors (Lipinski definition) is 5. The number of benzene rings is 1. The second-order valence-electron chi connectivity index (χ2n) is 6.66. The molecular formula is C18H21N3O3. The Hall–Kier alpha value is -2.37. The molecule has 6 nitrogen and oxygen atoms in total. The van der Waals surface area contributed by atoms with E-state index in [1.807, 2.05) is 29.2 Å². The molecule has 24 heavy (non-hydrogen) atoms. The van der Waals surface area contributed by atoms with E-state index < -0.39 is 6.10 Å². The van der Waals surface area contributed by atoms with Gasteiger partial charge in [-0.1, -0.05) is 30.3 Å². The van der Waals surface area contributed by atoms with Crippen molar-refractivity contribution < 1.29 is 14.1 Å². The van der Waals surface area contributed by atoms with Crippen molar-refractivity contribution in [3.63, 3.8) is 0 Å². The summed E-state index contributed by atoms with van der Waals surface area (Å²) in [5, 5.41) is 4.02. The minimum Gasteiger partial charge on any atom is -0.480 e. The summed E-state index contributed by atoms with van der Waals surface area (Å²) < 4.78 is 11.0. The van der Waals surface area contributed by atoms with E-state index in [9.17, 15) is 4.79 Å². The zero-order valence-corrected chi connectivity index (χ0v) is 13.9. The van der Waals surface area contributed by atoms with Crippen molar-refractivity contribution >= 4 is 5.91 Å². The van der Waals surface area contributed by atoms with E-state index in [4.69, 9.17) is 9.26 Å². The maximum atomic E-state index is 13.0. The molecule has 3 atom stereocenters. The molecule has 3 heterocycles. The van der Waals surface area contributed by atoms with Crippen LogP contribution in [0.15, 0.2) is 28.8 Å². The van der Waals surface area contributed by atoms with Crippen LogP contribution in [0.2, 0.25) is 0 Å². The van der Waals surface area contributed by atoms with Gasteiger partial charge in [-0.05, 0) is 18.9 Å². The van der Waals surface area contributed by atoms with Gasteiger partial charge in [0.1, 0.15) is 5.75 Å². The smallest absolute Gasteiger partial charge is 0.264 e. The second-order valence-corrected chi connectivity index (χ2v) is 6.66. The molecule has 0 unspecified atom stereocenters. The first kappa shape index (κ1) is 15.2. The van der Waals surface area contributed by atoms with Gasteiger partial charge in [0.2, 0.25) is 5.89 Å². The van der Waals surface area contributed by atoms with Gasteiger partial charge in [0.15, 0.2) is 11.9 Å². The van der Waals surface area contributed by atoms with Gasteiger partial charge in [-0.15, -0.1) is 0 Å². The van der Waals surface area contributed by atoms with Crippen molar-refractivity contribution in [2.75, 3.05) is 13.1 Å². The summed E-state index contributed by atoms with van der Waals surface area (Å²) in [6.45, 7) is 5.22. The summed E-state index contributed by atoms with van der Waals surface area (Å²) in [6, 6.07) is 7.89. The molecule has 0 saturated carbocycles. The highest BCUT2D eigenvalue weighted by Crippen LogP contribution is 2.39. The maximum absolute atomic E-state index is 13.0. The molecule has 6 heteroatoms. The number of aromatic nitrogens is 2. The summed E-state index contributed by atoms with van der Waals surface area (Å²) in [5.74, 6) is 2.36. The predicted octanol–water partition coefficient (Wildman–Crippen LogP) is 2.65. The molecule has 0 aliphatic carbocycles. The molecule has 0 bridgehead atoms. The summed E-state index contributed by atoms with van der Waals surface area (Å²) in [5.41, 5.74) is 1.11. The van der Waals surface area contributed by atoms with Crippen LogP contribution in [-0.4, -0.2) is 40.1 Å². The van der Waals surface area contributed by atoms with Crippen LogP contribution < -0.4 is 4.74 Å². The third-order valence-corrected chi connectivity index (χ3v) is 5.00. The van der Waals surface area contributed by atoms with Crippen molar-refractivity contribution in [2.45, 2.75) is 44.6 Å². The highest BCUT2D eigenvalue weighted by molar-refractivity contribution is 5.83. The lowest BCUT2D eigenvalue weighted by Gasteiger charge is -2.33.